The third-order valence-electron chi connectivity index (χ3n) is 2.81. The van der Waals surface area contributed by atoms with E-state index in [-0.39, 0.29) is 17.7 Å². The van der Waals surface area contributed by atoms with E-state index >= 15 is 0 Å². The van der Waals surface area contributed by atoms with Gasteiger partial charge >= 0.3 is 0 Å². The van der Waals surface area contributed by atoms with Gasteiger partial charge in [0.1, 0.15) is 0 Å². The number of amides is 1. The van der Waals surface area contributed by atoms with Gasteiger partial charge in [-0.15, -0.1) is 0 Å². The summed E-state index contributed by atoms with van der Waals surface area (Å²) in [7, 11) is 0. The first kappa shape index (κ1) is 16.7. The first-order valence-electron chi connectivity index (χ1n) is 7.06. The van der Waals surface area contributed by atoms with Crippen LogP contribution in [0.5, 0.6) is 0 Å². The zero-order valence-electron chi connectivity index (χ0n) is 12.7. The van der Waals surface area contributed by atoms with Crippen molar-refractivity contribution < 1.29 is 9.53 Å². The maximum Gasteiger partial charge on any atom is 0.244 e. The lowest BCUT2D eigenvalue weighted by molar-refractivity contribution is -0.118. The molecule has 1 aromatic rings. The number of anilines is 2. The summed E-state index contributed by atoms with van der Waals surface area (Å²) in [6.07, 6.45) is 0. The quantitative estimate of drug-likeness (QED) is 0.278. The molecule has 2 rings (SSSR count). The van der Waals surface area contributed by atoms with Crippen molar-refractivity contribution in [2.75, 3.05) is 42.3 Å². The number of morpholine rings is 1. The zero-order valence-corrected chi connectivity index (χ0v) is 13.5. The molecule has 122 valence electrons. The van der Waals surface area contributed by atoms with E-state index in [1.165, 1.54) is 11.8 Å². The number of aromatic nitrogens is 3. The number of nitrogens with zero attached hydrogens (tertiary/aromatic N) is 4. The first-order chi connectivity index (χ1) is 10.6. The van der Waals surface area contributed by atoms with Crippen LogP contribution in [0, 0.1) is 0 Å². The number of hydrogen-bond donors (Lipinski definition) is 3. The molecule has 1 saturated heterocycles. The van der Waals surface area contributed by atoms with Crippen molar-refractivity contribution in [3.63, 3.8) is 0 Å². The fourth-order valence-corrected chi connectivity index (χ4v) is 2.45. The van der Waals surface area contributed by atoms with Crippen LogP contribution in [0.3, 0.4) is 0 Å². The van der Waals surface area contributed by atoms with Crippen LogP contribution in [0.25, 0.3) is 0 Å². The molecule has 1 amide bonds. The van der Waals surface area contributed by atoms with Crippen LogP contribution in [-0.2, 0) is 9.53 Å². The van der Waals surface area contributed by atoms with E-state index in [0.29, 0.717) is 30.3 Å². The molecule has 0 atom stereocenters. The molecule has 0 bridgehead atoms. The number of rotatable bonds is 6. The highest BCUT2D eigenvalue weighted by molar-refractivity contribution is 7.99. The number of ether oxygens (including phenoxy) is 1. The van der Waals surface area contributed by atoms with Crippen LogP contribution < -0.4 is 21.5 Å². The Morgan fingerprint density at radius 1 is 1.36 bits per heavy atom. The van der Waals surface area contributed by atoms with Gasteiger partial charge in [-0.1, -0.05) is 11.8 Å². The molecule has 1 aliphatic heterocycles. The molecule has 4 N–H and O–H groups in total. The van der Waals surface area contributed by atoms with Crippen LogP contribution in [0.15, 0.2) is 5.16 Å². The average Bonchev–Trinajstić information content (AvgIpc) is 2.52. The summed E-state index contributed by atoms with van der Waals surface area (Å²) in [4.78, 5) is 26.5. The minimum absolute atomic E-state index is 0.157. The van der Waals surface area contributed by atoms with Gasteiger partial charge in [0.05, 0.1) is 19.0 Å². The molecule has 0 unspecified atom stereocenters. The largest absolute Gasteiger partial charge is 0.378 e. The van der Waals surface area contributed by atoms with Crippen LogP contribution in [-0.4, -0.2) is 59.0 Å². The number of hydrogen-bond acceptors (Lipinski definition) is 9. The van der Waals surface area contributed by atoms with Gasteiger partial charge in [-0.25, -0.2) is 5.84 Å². The monoisotopic (exact) mass is 327 g/mol. The standard InChI is InChI=1S/C12H21N7O2S/c1-8(2)14-10-15-11(19-3-5-21-6-4-19)17-12(16-10)22-7-9(20)18-13/h8H,3-7,13H2,1-2H3,(H,18,20)(H,14,15,16,17). The molecule has 0 aromatic carbocycles. The maximum atomic E-state index is 11.3. The number of nitrogens with one attached hydrogen (secondary N) is 2. The minimum atomic E-state index is -0.281. The molecule has 22 heavy (non-hydrogen) atoms. The molecular formula is C12H21N7O2S. The normalized spacial score (nSPS) is 15.0. The van der Waals surface area contributed by atoms with Crippen molar-refractivity contribution in [2.45, 2.75) is 25.0 Å². The van der Waals surface area contributed by atoms with Crippen molar-refractivity contribution in [1.82, 2.24) is 20.4 Å². The Morgan fingerprint density at radius 3 is 2.73 bits per heavy atom. The number of carbonyl (C=O) groups is 1. The Kier molecular flexibility index (Phi) is 6.16. The van der Waals surface area contributed by atoms with E-state index in [4.69, 9.17) is 10.6 Å². The van der Waals surface area contributed by atoms with Crippen LogP contribution in [0.1, 0.15) is 13.8 Å². The number of thioether (sulfide) groups is 1. The van der Waals surface area contributed by atoms with Gasteiger partial charge in [-0.05, 0) is 13.8 Å². The molecule has 9 nitrogen and oxygen atoms in total. The van der Waals surface area contributed by atoms with Crippen LogP contribution >= 0.6 is 11.8 Å². The molecule has 2 heterocycles. The molecule has 0 spiro atoms. The summed E-state index contributed by atoms with van der Waals surface area (Å²) in [6.45, 7) is 6.78. The highest BCUT2D eigenvalue weighted by Gasteiger charge is 2.17. The fraction of sp³-hybridized carbons (Fsp3) is 0.667. The Hall–Kier alpha value is -1.65. The van der Waals surface area contributed by atoms with Gasteiger partial charge in [-0.3, -0.25) is 10.2 Å². The lowest BCUT2D eigenvalue weighted by atomic mass is 10.4. The second kappa shape index (κ2) is 8.11. The summed E-state index contributed by atoms with van der Waals surface area (Å²) in [5.41, 5.74) is 2.09. The highest BCUT2D eigenvalue weighted by atomic mass is 32.2. The molecule has 0 aliphatic carbocycles. The molecule has 1 fully saturated rings. The summed E-state index contributed by atoms with van der Waals surface area (Å²) in [5, 5.41) is 3.66. The number of nitrogens with two attached hydrogens (primary N) is 1. The number of hydrazine groups is 1. The zero-order chi connectivity index (χ0) is 15.9. The van der Waals surface area contributed by atoms with Gasteiger partial charge in [0, 0.05) is 19.1 Å². The van der Waals surface area contributed by atoms with Gasteiger partial charge in [-0.2, -0.15) is 15.0 Å². The Bertz CT molecular complexity index is 508. The van der Waals surface area contributed by atoms with E-state index in [0.717, 1.165) is 13.1 Å². The second-order valence-corrected chi connectivity index (χ2v) is 5.94. The molecule has 0 saturated carbocycles. The predicted molar refractivity (Wildman–Crippen MR) is 84.7 cm³/mol. The van der Waals surface area contributed by atoms with Gasteiger partial charge in [0.25, 0.3) is 0 Å². The minimum Gasteiger partial charge on any atom is -0.378 e. The molecule has 10 heteroatoms. The van der Waals surface area contributed by atoms with E-state index in [1.54, 1.807) is 0 Å². The molecule has 1 aliphatic rings. The SMILES string of the molecule is CC(C)Nc1nc(SCC(=O)NN)nc(N2CCOCC2)n1. The van der Waals surface area contributed by atoms with Crippen LogP contribution in [0.4, 0.5) is 11.9 Å². The lowest BCUT2D eigenvalue weighted by Gasteiger charge is -2.27. The van der Waals surface area contributed by atoms with Gasteiger partial charge in [0.15, 0.2) is 5.16 Å². The topological polar surface area (TPSA) is 118 Å². The molecule has 0 radical (unpaired) electrons. The summed E-state index contributed by atoms with van der Waals surface area (Å²) < 4.78 is 5.34. The molecule has 1 aromatic heterocycles. The summed E-state index contributed by atoms with van der Waals surface area (Å²) >= 11 is 1.22. The van der Waals surface area contributed by atoms with E-state index in [2.05, 4.69) is 25.7 Å². The van der Waals surface area contributed by atoms with Gasteiger partial charge < -0.3 is 15.0 Å². The Labute approximate surface area is 133 Å². The Balaban J connectivity index is 2.17. The Morgan fingerprint density at radius 2 is 2.09 bits per heavy atom. The highest BCUT2D eigenvalue weighted by Crippen LogP contribution is 2.19. The van der Waals surface area contributed by atoms with Gasteiger partial charge in [0.2, 0.25) is 17.8 Å². The third kappa shape index (κ3) is 4.97. The maximum absolute atomic E-state index is 11.3. The van der Waals surface area contributed by atoms with Crippen LogP contribution in [0.2, 0.25) is 0 Å². The smallest absolute Gasteiger partial charge is 0.244 e. The summed E-state index contributed by atoms with van der Waals surface area (Å²) in [6, 6.07) is 0.199. The van der Waals surface area contributed by atoms with Crippen molar-refractivity contribution in [3.05, 3.63) is 0 Å². The predicted octanol–water partition coefficient (Wildman–Crippen LogP) is -0.389. The third-order valence-corrected chi connectivity index (χ3v) is 3.66. The van der Waals surface area contributed by atoms with Crippen molar-refractivity contribution >= 4 is 29.6 Å². The van der Waals surface area contributed by atoms with Crippen molar-refractivity contribution in [2.24, 2.45) is 5.84 Å². The van der Waals surface area contributed by atoms with Crippen molar-refractivity contribution in [1.29, 1.82) is 0 Å². The second-order valence-electron chi connectivity index (χ2n) is 5.00. The fourth-order valence-electron chi connectivity index (χ4n) is 1.81. The lowest BCUT2D eigenvalue weighted by Crippen LogP contribution is -2.37. The van der Waals surface area contributed by atoms with E-state index in [1.807, 2.05) is 18.7 Å². The summed E-state index contributed by atoms with van der Waals surface area (Å²) in [5.74, 6) is 6.05. The van der Waals surface area contributed by atoms with Crippen molar-refractivity contribution in [3.8, 4) is 0 Å². The number of carbonyl (C=O) groups excluding carboxylic acids is 1. The van der Waals surface area contributed by atoms with E-state index < -0.39 is 0 Å². The average molecular weight is 327 g/mol. The van der Waals surface area contributed by atoms with E-state index in [9.17, 15) is 4.79 Å². The first-order valence-corrected chi connectivity index (χ1v) is 8.04. The molecular weight excluding hydrogens is 306 g/mol.